The fraction of sp³-hybridized carbons (Fsp3) is 0.533. The van der Waals surface area contributed by atoms with Gasteiger partial charge in [0.1, 0.15) is 0 Å². The molecule has 1 fully saturated rings. The van der Waals surface area contributed by atoms with Crippen molar-refractivity contribution in [1.82, 2.24) is 4.90 Å². The van der Waals surface area contributed by atoms with Crippen molar-refractivity contribution >= 4 is 29.9 Å². The van der Waals surface area contributed by atoms with Gasteiger partial charge in [-0.1, -0.05) is 36.7 Å². The highest BCUT2D eigenvalue weighted by Gasteiger charge is 2.34. The molecule has 1 aliphatic rings. The molecule has 1 atom stereocenters. The van der Waals surface area contributed by atoms with Crippen LogP contribution in [0.5, 0.6) is 0 Å². The molecule has 1 heterocycles. The Morgan fingerprint density at radius 1 is 1.45 bits per heavy atom. The van der Waals surface area contributed by atoms with Crippen LogP contribution in [-0.4, -0.2) is 30.4 Å². The number of halogens is 2. The minimum Gasteiger partial charge on any atom is -0.342 e. The van der Waals surface area contributed by atoms with Crippen molar-refractivity contribution in [1.29, 1.82) is 0 Å². The molecule has 20 heavy (non-hydrogen) atoms. The number of hydrogen-bond donors (Lipinski definition) is 1. The van der Waals surface area contributed by atoms with Gasteiger partial charge in [-0.2, -0.15) is 0 Å². The molecule has 0 radical (unpaired) electrons. The second kappa shape index (κ2) is 7.30. The summed E-state index contributed by atoms with van der Waals surface area (Å²) >= 11 is 6.09. The Kier molecular flexibility index (Phi) is 6.31. The average Bonchev–Trinajstić information content (AvgIpc) is 2.81. The van der Waals surface area contributed by atoms with E-state index in [9.17, 15) is 4.79 Å². The van der Waals surface area contributed by atoms with Crippen molar-refractivity contribution in [3.63, 3.8) is 0 Å². The number of rotatable bonds is 4. The summed E-state index contributed by atoms with van der Waals surface area (Å²) in [6, 6.07) is 7.69. The molecule has 1 aromatic carbocycles. The maximum absolute atomic E-state index is 12.2. The number of benzene rings is 1. The summed E-state index contributed by atoms with van der Waals surface area (Å²) in [4.78, 5) is 14.1. The molecule has 2 N–H and O–H groups in total. The first kappa shape index (κ1) is 17.3. The van der Waals surface area contributed by atoms with Crippen LogP contribution in [0.1, 0.15) is 25.3 Å². The number of nitrogens with zero attached hydrogens (tertiary/aromatic N) is 1. The first-order valence-corrected chi connectivity index (χ1v) is 7.13. The number of likely N-dealkylation sites (tertiary alicyclic amines) is 1. The van der Waals surface area contributed by atoms with E-state index in [1.807, 2.05) is 29.2 Å². The number of hydrogen-bond acceptors (Lipinski definition) is 2. The van der Waals surface area contributed by atoms with Gasteiger partial charge in [-0.05, 0) is 36.4 Å². The summed E-state index contributed by atoms with van der Waals surface area (Å²) in [6.07, 6.45) is 2.22. The zero-order valence-corrected chi connectivity index (χ0v) is 13.3. The lowest BCUT2D eigenvalue weighted by Gasteiger charge is -2.22. The van der Waals surface area contributed by atoms with Crippen LogP contribution in [0, 0.1) is 5.41 Å². The number of amides is 1. The summed E-state index contributed by atoms with van der Waals surface area (Å²) in [6.45, 7) is 4.40. The van der Waals surface area contributed by atoms with E-state index in [4.69, 9.17) is 17.3 Å². The number of carbonyl (C=O) groups excluding carboxylic acids is 1. The third kappa shape index (κ3) is 4.11. The highest BCUT2D eigenvalue weighted by molar-refractivity contribution is 6.31. The summed E-state index contributed by atoms with van der Waals surface area (Å²) in [7, 11) is 0. The minimum absolute atomic E-state index is 0. The van der Waals surface area contributed by atoms with Crippen molar-refractivity contribution in [3.8, 4) is 0 Å². The Labute approximate surface area is 131 Å². The molecule has 1 aromatic rings. The number of carbonyl (C=O) groups is 1. The van der Waals surface area contributed by atoms with Crippen LogP contribution in [0.15, 0.2) is 24.3 Å². The first-order valence-electron chi connectivity index (χ1n) is 6.75. The fourth-order valence-electron chi connectivity index (χ4n) is 2.50. The van der Waals surface area contributed by atoms with Crippen LogP contribution in [0.3, 0.4) is 0 Å². The van der Waals surface area contributed by atoms with E-state index in [0.29, 0.717) is 19.4 Å². The van der Waals surface area contributed by atoms with Gasteiger partial charge in [0.25, 0.3) is 0 Å². The van der Waals surface area contributed by atoms with E-state index in [1.165, 1.54) is 0 Å². The Bertz CT molecular complexity index is 467. The monoisotopic (exact) mass is 316 g/mol. The molecule has 0 bridgehead atoms. The Morgan fingerprint density at radius 3 is 2.75 bits per heavy atom. The molecule has 1 aliphatic heterocycles. The normalized spacial score (nSPS) is 21.6. The van der Waals surface area contributed by atoms with Crippen LogP contribution in [-0.2, 0) is 11.2 Å². The summed E-state index contributed by atoms with van der Waals surface area (Å²) in [5.41, 5.74) is 6.90. The quantitative estimate of drug-likeness (QED) is 0.928. The van der Waals surface area contributed by atoms with Gasteiger partial charge in [0.05, 0.1) is 0 Å². The van der Waals surface area contributed by atoms with Gasteiger partial charge in [0.2, 0.25) is 5.91 Å². The third-order valence-corrected chi connectivity index (χ3v) is 4.34. The van der Waals surface area contributed by atoms with Gasteiger partial charge in [-0.25, -0.2) is 0 Å². The topological polar surface area (TPSA) is 46.3 Å². The third-order valence-electron chi connectivity index (χ3n) is 3.97. The Morgan fingerprint density at radius 2 is 2.15 bits per heavy atom. The average molecular weight is 317 g/mol. The van der Waals surface area contributed by atoms with Crippen molar-refractivity contribution in [2.45, 2.75) is 26.2 Å². The maximum Gasteiger partial charge on any atom is 0.222 e. The van der Waals surface area contributed by atoms with E-state index in [0.717, 1.165) is 30.1 Å². The van der Waals surface area contributed by atoms with Crippen LogP contribution >= 0.6 is 24.0 Å². The molecular formula is C15H22Cl2N2O. The predicted molar refractivity (Wildman–Crippen MR) is 85.4 cm³/mol. The molecule has 1 amide bonds. The largest absolute Gasteiger partial charge is 0.342 e. The summed E-state index contributed by atoms with van der Waals surface area (Å²) in [5.74, 6) is 0.206. The van der Waals surface area contributed by atoms with Crippen molar-refractivity contribution in [2.24, 2.45) is 11.1 Å². The van der Waals surface area contributed by atoms with Gasteiger partial charge < -0.3 is 10.6 Å². The van der Waals surface area contributed by atoms with Crippen LogP contribution in [0.4, 0.5) is 0 Å². The van der Waals surface area contributed by atoms with Crippen LogP contribution in [0.2, 0.25) is 5.02 Å². The Hall–Kier alpha value is -0.770. The lowest BCUT2D eigenvalue weighted by Crippen LogP contribution is -2.34. The van der Waals surface area contributed by atoms with Crippen molar-refractivity contribution in [3.05, 3.63) is 34.9 Å². The lowest BCUT2D eigenvalue weighted by molar-refractivity contribution is -0.130. The van der Waals surface area contributed by atoms with Gasteiger partial charge >= 0.3 is 0 Å². The van der Waals surface area contributed by atoms with E-state index >= 15 is 0 Å². The van der Waals surface area contributed by atoms with E-state index in [1.54, 1.807) is 0 Å². The number of nitrogens with two attached hydrogens (primary N) is 1. The van der Waals surface area contributed by atoms with Crippen LogP contribution < -0.4 is 5.73 Å². The molecule has 5 heteroatoms. The number of aryl methyl sites for hydroxylation is 1. The maximum atomic E-state index is 12.2. The van der Waals surface area contributed by atoms with Gasteiger partial charge in [-0.15, -0.1) is 12.4 Å². The van der Waals surface area contributed by atoms with E-state index < -0.39 is 0 Å². The molecule has 3 nitrogen and oxygen atoms in total. The molecule has 0 saturated carbocycles. The highest BCUT2D eigenvalue weighted by atomic mass is 35.5. The lowest BCUT2D eigenvalue weighted by atomic mass is 9.90. The molecule has 1 saturated heterocycles. The van der Waals surface area contributed by atoms with Crippen molar-refractivity contribution in [2.75, 3.05) is 19.6 Å². The summed E-state index contributed by atoms with van der Waals surface area (Å²) < 4.78 is 0. The molecule has 0 spiro atoms. The smallest absolute Gasteiger partial charge is 0.222 e. The SMILES string of the molecule is CC1(CN)CCN(C(=O)CCc2ccccc2Cl)C1.Cl. The van der Waals surface area contributed by atoms with Crippen LogP contribution in [0.25, 0.3) is 0 Å². The molecule has 0 aromatic heterocycles. The zero-order valence-electron chi connectivity index (χ0n) is 11.8. The molecule has 1 unspecified atom stereocenters. The fourth-order valence-corrected chi connectivity index (χ4v) is 2.73. The minimum atomic E-state index is 0. The zero-order chi connectivity index (χ0) is 13.9. The van der Waals surface area contributed by atoms with Gasteiger partial charge in [0.15, 0.2) is 0 Å². The molecule has 112 valence electrons. The van der Waals surface area contributed by atoms with Gasteiger partial charge in [0, 0.05) is 24.5 Å². The molecular weight excluding hydrogens is 295 g/mol. The second-order valence-electron chi connectivity index (χ2n) is 5.67. The Balaban J connectivity index is 0.00000200. The predicted octanol–water partition coefficient (Wildman–Crippen LogP) is 2.89. The summed E-state index contributed by atoms with van der Waals surface area (Å²) in [5, 5.41) is 0.739. The van der Waals surface area contributed by atoms with Crippen molar-refractivity contribution < 1.29 is 4.79 Å². The standard InChI is InChI=1S/C15H21ClN2O.ClH/c1-15(10-17)8-9-18(11-15)14(19)7-6-12-4-2-3-5-13(12)16;/h2-5H,6-11,17H2,1H3;1H. The second-order valence-corrected chi connectivity index (χ2v) is 6.08. The van der Waals surface area contributed by atoms with E-state index in [-0.39, 0.29) is 23.7 Å². The molecule has 2 rings (SSSR count). The highest BCUT2D eigenvalue weighted by Crippen LogP contribution is 2.29. The van der Waals surface area contributed by atoms with E-state index in [2.05, 4.69) is 6.92 Å². The first-order chi connectivity index (χ1) is 9.04. The van der Waals surface area contributed by atoms with Gasteiger partial charge in [-0.3, -0.25) is 4.79 Å². The molecule has 0 aliphatic carbocycles.